The van der Waals surface area contributed by atoms with Crippen molar-refractivity contribution in [3.05, 3.63) is 118 Å². The summed E-state index contributed by atoms with van der Waals surface area (Å²) < 4.78 is 6.07. The molecular formula is C28H26ClN3O2. The Bertz CT molecular complexity index is 1240. The summed E-state index contributed by atoms with van der Waals surface area (Å²) in [5.41, 5.74) is 3.89. The van der Waals surface area contributed by atoms with Crippen LogP contribution in [0, 0.1) is 0 Å². The minimum Gasteiger partial charge on any atom is -0.445 e. The zero-order chi connectivity index (χ0) is 23.3. The number of hydrogen-bond donors (Lipinski definition) is 0. The van der Waals surface area contributed by atoms with Crippen LogP contribution in [0.5, 0.6) is 0 Å². The van der Waals surface area contributed by atoms with E-state index in [0.717, 1.165) is 47.8 Å². The summed E-state index contributed by atoms with van der Waals surface area (Å²) in [6.45, 7) is 1.34. The first-order valence-electron chi connectivity index (χ1n) is 11.6. The van der Waals surface area contributed by atoms with Crippen molar-refractivity contribution in [3.63, 3.8) is 0 Å². The molecule has 0 saturated carbocycles. The van der Waals surface area contributed by atoms with Crippen LogP contribution in [0.4, 0.5) is 0 Å². The molecule has 1 aliphatic rings. The molecule has 34 heavy (non-hydrogen) atoms. The van der Waals surface area contributed by atoms with Gasteiger partial charge in [0.25, 0.3) is 5.91 Å². The van der Waals surface area contributed by atoms with Crippen LogP contribution in [0.2, 0.25) is 5.02 Å². The van der Waals surface area contributed by atoms with E-state index in [1.165, 1.54) is 5.56 Å². The first kappa shape index (κ1) is 22.4. The number of piperidine rings is 1. The van der Waals surface area contributed by atoms with Gasteiger partial charge in [-0.2, -0.15) is 0 Å². The lowest BCUT2D eigenvalue weighted by Crippen LogP contribution is -2.39. The average Bonchev–Trinajstić information content (AvgIpc) is 3.35. The quantitative estimate of drug-likeness (QED) is 0.350. The molecule has 3 heterocycles. The van der Waals surface area contributed by atoms with Gasteiger partial charge in [0.05, 0.1) is 17.7 Å². The standard InChI is InChI=1S/C28H26ClN3O2/c29-24-11-8-21(9-12-24)16-26-18-31-27(34-26)23-7-4-14-32(19-23)28(33)22-10-13-25(30-17-22)15-20-5-2-1-3-6-20/h1-3,5-6,8-13,17-18,23H,4,7,14-16,19H2/t23-/m1/s1. The SMILES string of the molecule is O=C(c1ccc(Cc2ccccc2)nc1)N1CCC[C@@H](c2ncc(Cc3ccc(Cl)cc3)o2)C1. The fourth-order valence-corrected chi connectivity index (χ4v) is 4.53. The molecule has 1 aliphatic heterocycles. The maximum atomic E-state index is 13.1. The van der Waals surface area contributed by atoms with E-state index in [1.807, 2.05) is 59.5 Å². The summed E-state index contributed by atoms with van der Waals surface area (Å²) in [5, 5.41) is 0.718. The number of hydrogen-bond acceptors (Lipinski definition) is 4. The number of likely N-dealkylation sites (tertiary alicyclic amines) is 1. The largest absolute Gasteiger partial charge is 0.445 e. The van der Waals surface area contributed by atoms with Crippen LogP contribution in [0.1, 0.15) is 57.6 Å². The Hall–Kier alpha value is -3.44. The third-order valence-electron chi connectivity index (χ3n) is 6.22. The molecular weight excluding hydrogens is 446 g/mol. The molecule has 0 spiro atoms. The lowest BCUT2D eigenvalue weighted by molar-refractivity contribution is 0.0697. The predicted molar refractivity (Wildman–Crippen MR) is 132 cm³/mol. The van der Waals surface area contributed by atoms with Crippen molar-refractivity contribution in [1.82, 2.24) is 14.9 Å². The van der Waals surface area contributed by atoms with Crippen LogP contribution in [0.3, 0.4) is 0 Å². The minimum absolute atomic E-state index is 0.0106. The Morgan fingerprint density at radius 1 is 0.941 bits per heavy atom. The molecule has 1 fully saturated rings. The van der Waals surface area contributed by atoms with Gasteiger partial charge in [0.2, 0.25) is 0 Å². The smallest absolute Gasteiger partial charge is 0.255 e. The molecule has 6 heteroatoms. The number of benzene rings is 2. The van der Waals surface area contributed by atoms with Crippen molar-refractivity contribution >= 4 is 17.5 Å². The van der Waals surface area contributed by atoms with Gasteiger partial charge >= 0.3 is 0 Å². The topological polar surface area (TPSA) is 59.2 Å². The van der Waals surface area contributed by atoms with E-state index in [0.29, 0.717) is 24.4 Å². The molecule has 1 saturated heterocycles. The van der Waals surface area contributed by atoms with Crippen LogP contribution in [0.15, 0.2) is 83.5 Å². The van der Waals surface area contributed by atoms with Gasteiger partial charge in [-0.1, -0.05) is 54.1 Å². The van der Waals surface area contributed by atoms with Crippen LogP contribution < -0.4 is 0 Å². The summed E-state index contributed by atoms with van der Waals surface area (Å²) in [6, 6.07) is 21.8. The first-order valence-corrected chi connectivity index (χ1v) is 12.0. The number of carbonyl (C=O) groups is 1. The van der Waals surface area contributed by atoms with Crippen molar-refractivity contribution in [2.45, 2.75) is 31.6 Å². The second kappa shape index (κ2) is 10.2. The maximum Gasteiger partial charge on any atom is 0.255 e. The lowest BCUT2D eigenvalue weighted by atomic mass is 9.97. The first-order chi connectivity index (χ1) is 16.6. The molecule has 2 aromatic carbocycles. The molecule has 4 aromatic rings. The van der Waals surface area contributed by atoms with Crippen LogP contribution >= 0.6 is 11.6 Å². The second-order valence-corrected chi connectivity index (χ2v) is 9.20. The molecule has 0 bridgehead atoms. The molecule has 0 unspecified atom stereocenters. The van der Waals surface area contributed by atoms with Gasteiger partial charge in [-0.3, -0.25) is 9.78 Å². The number of pyridine rings is 1. The fourth-order valence-electron chi connectivity index (χ4n) is 4.40. The van der Waals surface area contributed by atoms with Crippen LogP contribution in [-0.4, -0.2) is 33.9 Å². The number of amides is 1. The van der Waals surface area contributed by atoms with Gasteiger partial charge in [0.1, 0.15) is 5.76 Å². The van der Waals surface area contributed by atoms with Gasteiger partial charge in [-0.15, -0.1) is 0 Å². The van der Waals surface area contributed by atoms with Crippen molar-refractivity contribution in [2.24, 2.45) is 0 Å². The van der Waals surface area contributed by atoms with Crippen molar-refractivity contribution in [3.8, 4) is 0 Å². The minimum atomic E-state index is 0.0106. The van der Waals surface area contributed by atoms with Gasteiger partial charge in [0.15, 0.2) is 5.89 Å². The fraction of sp³-hybridized carbons (Fsp3) is 0.250. The average molecular weight is 472 g/mol. The summed E-state index contributed by atoms with van der Waals surface area (Å²) in [5.74, 6) is 1.63. The number of oxazole rings is 1. The van der Waals surface area contributed by atoms with E-state index in [2.05, 4.69) is 22.1 Å². The third-order valence-corrected chi connectivity index (χ3v) is 6.47. The number of rotatable bonds is 6. The van der Waals surface area contributed by atoms with Gasteiger partial charge in [0, 0.05) is 42.8 Å². The van der Waals surface area contributed by atoms with Gasteiger partial charge in [-0.05, 0) is 48.2 Å². The molecule has 0 radical (unpaired) electrons. The molecule has 0 aliphatic carbocycles. The molecule has 5 rings (SSSR count). The number of carbonyl (C=O) groups excluding carboxylic acids is 1. The van der Waals surface area contributed by atoms with Crippen LogP contribution in [0.25, 0.3) is 0 Å². The molecule has 2 aromatic heterocycles. The highest BCUT2D eigenvalue weighted by Crippen LogP contribution is 2.28. The van der Waals surface area contributed by atoms with E-state index in [-0.39, 0.29) is 11.8 Å². The van der Waals surface area contributed by atoms with Crippen molar-refractivity contribution in [2.75, 3.05) is 13.1 Å². The number of nitrogens with zero attached hydrogens (tertiary/aromatic N) is 3. The highest BCUT2D eigenvalue weighted by atomic mass is 35.5. The van der Waals surface area contributed by atoms with Crippen molar-refractivity contribution < 1.29 is 9.21 Å². The normalized spacial score (nSPS) is 15.9. The zero-order valence-electron chi connectivity index (χ0n) is 18.9. The van der Waals surface area contributed by atoms with E-state index >= 15 is 0 Å². The van der Waals surface area contributed by atoms with Crippen LogP contribution in [-0.2, 0) is 12.8 Å². The summed E-state index contributed by atoms with van der Waals surface area (Å²) in [6.07, 6.45) is 6.79. The summed E-state index contributed by atoms with van der Waals surface area (Å²) >= 11 is 5.97. The Morgan fingerprint density at radius 3 is 2.50 bits per heavy atom. The van der Waals surface area contributed by atoms with E-state index < -0.39 is 0 Å². The molecule has 5 nitrogen and oxygen atoms in total. The lowest BCUT2D eigenvalue weighted by Gasteiger charge is -2.31. The third kappa shape index (κ3) is 5.37. The molecule has 172 valence electrons. The molecule has 1 amide bonds. The summed E-state index contributed by atoms with van der Waals surface area (Å²) in [4.78, 5) is 24.1. The van der Waals surface area contributed by atoms with Crippen molar-refractivity contribution in [1.29, 1.82) is 0 Å². The molecule has 1 atom stereocenters. The highest BCUT2D eigenvalue weighted by molar-refractivity contribution is 6.30. The second-order valence-electron chi connectivity index (χ2n) is 8.76. The Balaban J connectivity index is 1.21. The summed E-state index contributed by atoms with van der Waals surface area (Å²) in [7, 11) is 0. The van der Waals surface area contributed by atoms with E-state index in [1.54, 1.807) is 12.4 Å². The number of halogens is 1. The van der Waals surface area contributed by atoms with E-state index in [4.69, 9.17) is 16.0 Å². The Labute approximate surface area is 204 Å². The van der Waals surface area contributed by atoms with E-state index in [9.17, 15) is 4.79 Å². The maximum absolute atomic E-state index is 13.1. The predicted octanol–water partition coefficient (Wildman–Crippen LogP) is 5.92. The number of aromatic nitrogens is 2. The van der Waals surface area contributed by atoms with Gasteiger partial charge < -0.3 is 9.32 Å². The Kier molecular flexibility index (Phi) is 6.72. The highest BCUT2D eigenvalue weighted by Gasteiger charge is 2.28. The zero-order valence-corrected chi connectivity index (χ0v) is 19.6. The van der Waals surface area contributed by atoms with Gasteiger partial charge in [-0.25, -0.2) is 4.98 Å². The monoisotopic (exact) mass is 471 g/mol. The Morgan fingerprint density at radius 2 is 1.74 bits per heavy atom. The molecule has 0 N–H and O–H groups in total.